The lowest BCUT2D eigenvalue weighted by Gasteiger charge is -2.10. The van der Waals surface area contributed by atoms with Crippen LogP contribution in [0.3, 0.4) is 0 Å². The lowest BCUT2D eigenvalue weighted by atomic mass is 10.1. The van der Waals surface area contributed by atoms with Gasteiger partial charge in [-0.25, -0.2) is 0 Å². The number of hydrogen-bond donors (Lipinski definition) is 1. The lowest BCUT2D eigenvalue weighted by molar-refractivity contribution is -0.117. The molecule has 74 valence electrons. The van der Waals surface area contributed by atoms with Crippen molar-refractivity contribution in [1.29, 1.82) is 0 Å². The summed E-state index contributed by atoms with van der Waals surface area (Å²) in [5.74, 6) is -0.444. The van der Waals surface area contributed by atoms with Gasteiger partial charge in [0.15, 0.2) is 0 Å². The standard InChI is InChI=1S/C10H12N2O2/c1-12(7-13)6-8-2-4-9(5-3-8)10(11)14/h2-5,7H,6H2,1H3,(H2,11,14). The Morgan fingerprint density at radius 1 is 1.43 bits per heavy atom. The van der Waals surface area contributed by atoms with E-state index < -0.39 is 5.91 Å². The second-order valence-electron chi connectivity index (χ2n) is 3.08. The van der Waals surface area contributed by atoms with Crippen molar-refractivity contribution < 1.29 is 9.59 Å². The molecule has 0 saturated heterocycles. The molecule has 0 spiro atoms. The molecule has 0 aliphatic heterocycles. The van der Waals surface area contributed by atoms with E-state index in [1.54, 1.807) is 31.3 Å². The zero-order valence-corrected chi connectivity index (χ0v) is 7.93. The smallest absolute Gasteiger partial charge is 0.248 e. The van der Waals surface area contributed by atoms with E-state index in [2.05, 4.69) is 0 Å². The first-order chi connectivity index (χ1) is 6.63. The van der Waals surface area contributed by atoms with Gasteiger partial charge in [-0.1, -0.05) is 12.1 Å². The highest BCUT2D eigenvalue weighted by atomic mass is 16.1. The predicted octanol–water partition coefficient (Wildman–Crippen LogP) is 0.374. The first-order valence-corrected chi connectivity index (χ1v) is 4.18. The van der Waals surface area contributed by atoms with Gasteiger partial charge in [-0.15, -0.1) is 0 Å². The molecule has 1 aromatic rings. The molecule has 2 N–H and O–H groups in total. The van der Waals surface area contributed by atoms with Crippen LogP contribution in [0.4, 0.5) is 0 Å². The SMILES string of the molecule is CN(C=O)Cc1ccc(C(N)=O)cc1. The minimum absolute atomic E-state index is 0.444. The van der Waals surface area contributed by atoms with Crippen LogP contribution in [0.15, 0.2) is 24.3 Å². The predicted molar refractivity (Wildman–Crippen MR) is 52.5 cm³/mol. The summed E-state index contributed by atoms with van der Waals surface area (Å²) in [4.78, 5) is 22.6. The van der Waals surface area contributed by atoms with E-state index in [0.29, 0.717) is 12.1 Å². The number of carbonyl (C=O) groups is 2. The largest absolute Gasteiger partial charge is 0.366 e. The Labute approximate surface area is 82.3 Å². The maximum absolute atomic E-state index is 10.7. The quantitative estimate of drug-likeness (QED) is 0.701. The Morgan fingerprint density at radius 3 is 2.43 bits per heavy atom. The number of benzene rings is 1. The number of amides is 2. The molecule has 0 saturated carbocycles. The number of nitrogens with zero attached hydrogens (tertiary/aromatic N) is 1. The molecule has 0 unspecified atom stereocenters. The van der Waals surface area contributed by atoms with Crippen molar-refractivity contribution in [3.05, 3.63) is 35.4 Å². The molecule has 14 heavy (non-hydrogen) atoms. The van der Waals surface area contributed by atoms with Crippen molar-refractivity contribution in [2.24, 2.45) is 5.73 Å². The van der Waals surface area contributed by atoms with Crippen LogP contribution < -0.4 is 5.73 Å². The average Bonchev–Trinajstić information content (AvgIpc) is 2.18. The Bertz CT molecular complexity index is 332. The van der Waals surface area contributed by atoms with Crippen LogP contribution in [0.25, 0.3) is 0 Å². The normalized spacial score (nSPS) is 9.50. The molecule has 0 bridgehead atoms. The highest BCUT2D eigenvalue weighted by Gasteiger charge is 2.00. The molecule has 0 radical (unpaired) electrons. The molecule has 0 aromatic heterocycles. The van der Waals surface area contributed by atoms with Crippen molar-refractivity contribution in [3.63, 3.8) is 0 Å². The lowest BCUT2D eigenvalue weighted by Crippen LogP contribution is -2.15. The Kier molecular flexibility index (Phi) is 3.23. The summed E-state index contributed by atoms with van der Waals surface area (Å²) in [7, 11) is 1.69. The van der Waals surface area contributed by atoms with Gasteiger partial charge in [0.25, 0.3) is 0 Å². The van der Waals surface area contributed by atoms with Gasteiger partial charge in [0.1, 0.15) is 0 Å². The van der Waals surface area contributed by atoms with Crippen LogP contribution in [-0.4, -0.2) is 24.3 Å². The summed E-state index contributed by atoms with van der Waals surface area (Å²) in [5.41, 5.74) is 6.52. The van der Waals surface area contributed by atoms with Crippen LogP contribution in [0.5, 0.6) is 0 Å². The number of primary amides is 1. The molecule has 0 atom stereocenters. The average molecular weight is 192 g/mol. The fourth-order valence-electron chi connectivity index (χ4n) is 1.10. The minimum atomic E-state index is -0.444. The summed E-state index contributed by atoms with van der Waals surface area (Å²) < 4.78 is 0. The van der Waals surface area contributed by atoms with Crippen LogP contribution in [-0.2, 0) is 11.3 Å². The van der Waals surface area contributed by atoms with Crippen LogP contribution in [0.1, 0.15) is 15.9 Å². The van der Waals surface area contributed by atoms with Crippen LogP contribution in [0.2, 0.25) is 0 Å². The van der Waals surface area contributed by atoms with Crippen molar-refractivity contribution in [2.45, 2.75) is 6.54 Å². The van der Waals surface area contributed by atoms with Gasteiger partial charge < -0.3 is 10.6 Å². The zero-order chi connectivity index (χ0) is 10.6. The Hall–Kier alpha value is -1.84. The summed E-state index contributed by atoms with van der Waals surface area (Å²) in [5, 5.41) is 0. The zero-order valence-electron chi connectivity index (χ0n) is 7.93. The minimum Gasteiger partial charge on any atom is -0.366 e. The topological polar surface area (TPSA) is 63.4 Å². The molecule has 0 aliphatic rings. The van der Waals surface area contributed by atoms with Gasteiger partial charge in [0.2, 0.25) is 12.3 Å². The number of rotatable bonds is 4. The summed E-state index contributed by atoms with van der Waals surface area (Å²) in [6.45, 7) is 0.530. The molecule has 0 heterocycles. The Balaban J connectivity index is 2.73. The summed E-state index contributed by atoms with van der Waals surface area (Å²) in [6.07, 6.45) is 0.752. The molecule has 0 fully saturated rings. The van der Waals surface area contributed by atoms with E-state index in [-0.39, 0.29) is 0 Å². The van der Waals surface area contributed by atoms with Crippen molar-refractivity contribution in [1.82, 2.24) is 4.90 Å². The molecule has 1 rings (SSSR count). The van der Waals surface area contributed by atoms with Gasteiger partial charge in [-0.05, 0) is 17.7 Å². The van der Waals surface area contributed by atoms with Gasteiger partial charge >= 0.3 is 0 Å². The molecule has 4 nitrogen and oxygen atoms in total. The molecule has 2 amide bonds. The highest BCUT2D eigenvalue weighted by Crippen LogP contribution is 2.05. The third-order valence-electron chi connectivity index (χ3n) is 1.85. The van der Waals surface area contributed by atoms with E-state index in [9.17, 15) is 9.59 Å². The van der Waals surface area contributed by atoms with Gasteiger partial charge in [0.05, 0.1) is 0 Å². The van der Waals surface area contributed by atoms with E-state index in [0.717, 1.165) is 12.0 Å². The third kappa shape index (κ3) is 2.58. The first kappa shape index (κ1) is 10.2. The van der Waals surface area contributed by atoms with Crippen molar-refractivity contribution in [3.8, 4) is 0 Å². The van der Waals surface area contributed by atoms with Crippen LogP contribution in [0, 0.1) is 0 Å². The highest BCUT2D eigenvalue weighted by molar-refractivity contribution is 5.92. The maximum Gasteiger partial charge on any atom is 0.248 e. The third-order valence-corrected chi connectivity index (χ3v) is 1.85. The number of nitrogens with two attached hydrogens (primary N) is 1. The fourth-order valence-corrected chi connectivity index (χ4v) is 1.10. The van der Waals surface area contributed by atoms with E-state index in [1.165, 1.54) is 4.90 Å². The number of carbonyl (C=O) groups excluding carboxylic acids is 2. The molecule has 0 aliphatic carbocycles. The molecule has 1 aromatic carbocycles. The second-order valence-corrected chi connectivity index (χ2v) is 3.08. The van der Waals surface area contributed by atoms with Gasteiger partial charge in [0, 0.05) is 19.2 Å². The van der Waals surface area contributed by atoms with Gasteiger partial charge in [-0.3, -0.25) is 9.59 Å². The van der Waals surface area contributed by atoms with E-state index in [4.69, 9.17) is 5.73 Å². The fraction of sp³-hybridized carbons (Fsp3) is 0.200. The van der Waals surface area contributed by atoms with E-state index in [1.807, 2.05) is 0 Å². The van der Waals surface area contributed by atoms with Gasteiger partial charge in [-0.2, -0.15) is 0 Å². The molecular weight excluding hydrogens is 180 g/mol. The molecular formula is C10H12N2O2. The first-order valence-electron chi connectivity index (χ1n) is 4.18. The summed E-state index contributed by atoms with van der Waals surface area (Å²) >= 11 is 0. The maximum atomic E-state index is 10.7. The summed E-state index contributed by atoms with van der Waals surface area (Å²) in [6, 6.07) is 6.85. The second kappa shape index (κ2) is 4.41. The van der Waals surface area contributed by atoms with Crippen molar-refractivity contribution >= 4 is 12.3 Å². The number of hydrogen-bond acceptors (Lipinski definition) is 2. The van der Waals surface area contributed by atoms with Crippen molar-refractivity contribution in [2.75, 3.05) is 7.05 Å². The molecule has 4 heteroatoms. The Morgan fingerprint density at radius 2 is 2.00 bits per heavy atom. The monoisotopic (exact) mass is 192 g/mol. The van der Waals surface area contributed by atoms with E-state index >= 15 is 0 Å². The van der Waals surface area contributed by atoms with Crippen LogP contribution >= 0.6 is 0 Å².